The Morgan fingerprint density at radius 1 is 1.55 bits per heavy atom. The van der Waals surface area contributed by atoms with Gasteiger partial charge in [-0.3, -0.25) is 4.99 Å². The Morgan fingerprint density at radius 3 is 2.95 bits per heavy atom. The van der Waals surface area contributed by atoms with Gasteiger partial charge in [0.15, 0.2) is 6.04 Å². The molecule has 2 rings (SSSR count). The van der Waals surface area contributed by atoms with Crippen molar-refractivity contribution in [2.45, 2.75) is 25.8 Å². The summed E-state index contributed by atoms with van der Waals surface area (Å²) in [5, 5.41) is 19.5. The number of phenolic OH excluding ortho intramolecular Hbond substituents is 1. The number of hydrogen-bond acceptors (Lipinski definition) is 5. The average molecular weight is 295 g/mol. The fourth-order valence-electron chi connectivity index (χ4n) is 1.76. The maximum atomic E-state index is 10.9. The molecule has 20 heavy (non-hydrogen) atoms. The molecule has 0 aliphatic carbocycles. The molecule has 0 bridgehead atoms. The summed E-state index contributed by atoms with van der Waals surface area (Å²) < 4.78 is 5.50. The topological polar surface area (TPSA) is 79.1 Å². The zero-order valence-corrected chi connectivity index (χ0v) is 12.0. The SMILES string of the molecule is CCCCOc1ccc(C2=NC(C(=O)O)CS2)c(O)c1. The predicted octanol–water partition coefficient (Wildman–Crippen LogP) is 2.52. The van der Waals surface area contributed by atoms with E-state index in [1.165, 1.54) is 11.8 Å². The van der Waals surface area contributed by atoms with Crippen LogP contribution in [0.4, 0.5) is 0 Å². The van der Waals surface area contributed by atoms with Crippen LogP contribution in [0.5, 0.6) is 11.5 Å². The molecule has 0 saturated heterocycles. The van der Waals surface area contributed by atoms with Crippen molar-refractivity contribution in [1.82, 2.24) is 0 Å². The Hall–Kier alpha value is -1.69. The number of carbonyl (C=O) groups is 1. The number of aromatic hydroxyl groups is 1. The second-order valence-corrected chi connectivity index (χ2v) is 5.49. The number of aliphatic imine (C=N–C) groups is 1. The van der Waals surface area contributed by atoms with E-state index in [2.05, 4.69) is 11.9 Å². The lowest BCUT2D eigenvalue weighted by molar-refractivity contribution is -0.137. The largest absolute Gasteiger partial charge is 0.507 e. The number of phenols is 1. The molecule has 1 aliphatic heterocycles. The summed E-state index contributed by atoms with van der Waals surface area (Å²) in [4.78, 5) is 15.0. The molecule has 2 N–H and O–H groups in total. The Balaban J connectivity index is 2.10. The van der Waals surface area contributed by atoms with Crippen LogP contribution in [-0.2, 0) is 4.79 Å². The summed E-state index contributed by atoms with van der Waals surface area (Å²) in [6.07, 6.45) is 2.01. The Bertz CT molecular complexity index is 530. The lowest BCUT2D eigenvalue weighted by Crippen LogP contribution is -2.17. The number of benzene rings is 1. The second-order valence-electron chi connectivity index (χ2n) is 4.48. The first-order valence-corrected chi connectivity index (χ1v) is 7.50. The summed E-state index contributed by atoms with van der Waals surface area (Å²) in [6, 6.07) is 4.30. The van der Waals surface area contributed by atoms with Crippen LogP contribution < -0.4 is 4.74 Å². The van der Waals surface area contributed by atoms with Crippen LogP contribution in [0.25, 0.3) is 0 Å². The number of carboxylic acid groups (broad SMARTS) is 1. The summed E-state index contributed by atoms with van der Waals surface area (Å²) >= 11 is 1.34. The van der Waals surface area contributed by atoms with E-state index in [0.717, 1.165) is 12.8 Å². The normalized spacial score (nSPS) is 17.9. The molecule has 1 aromatic carbocycles. The van der Waals surface area contributed by atoms with Crippen molar-refractivity contribution in [3.05, 3.63) is 23.8 Å². The number of ether oxygens (including phenoxy) is 1. The van der Waals surface area contributed by atoms with Gasteiger partial charge in [0.05, 0.1) is 6.61 Å². The smallest absolute Gasteiger partial charge is 0.329 e. The van der Waals surface area contributed by atoms with Gasteiger partial charge in [0.1, 0.15) is 16.5 Å². The average Bonchev–Trinajstić information content (AvgIpc) is 2.89. The molecule has 0 spiro atoms. The highest BCUT2D eigenvalue weighted by Crippen LogP contribution is 2.31. The van der Waals surface area contributed by atoms with Crippen LogP contribution in [0.2, 0.25) is 0 Å². The van der Waals surface area contributed by atoms with Crippen molar-refractivity contribution in [3.63, 3.8) is 0 Å². The standard InChI is InChI=1S/C14H17NO4S/c1-2-3-6-19-9-4-5-10(12(16)7-9)13-15-11(8-20-13)14(17)18/h4-5,7,11,16H,2-3,6,8H2,1H3,(H,17,18). The van der Waals surface area contributed by atoms with Gasteiger partial charge in [-0.05, 0) is 18.6 Å². The molecule has 1 atom stereocenters. The van der Waals surface area contributed by atoms with E-state index in [1.54, 1.807) is 18.2 Å². The highest BCUT2D eigenvalue weighted by atomic mass is 32.2. The van der Waals surface area contributed by atoms with Gasteiger partial charge >= 0.3 is 5.97 Å². The summed E-state index contributed by atoms with van der Waals surface area (Å²) in [5.74, 6) is 0.139. The molecule has 0 fully saturated rings. The number of hydrogen-bond donors (Lipinski definition) is 2. The maximum absolute atomic E-state index is 10.9. The zero-order chi connectivity index (χ0) is 14.5. The maximum Gasteiger partial charge on any atom is 0.329 e. The number of thioether (sulfide) groups is 1. The number of carboxylic acids is 1. The van der Waals surface area contributed by atoms with Gasteiger partial charge in [0.25, 0.3) is 0 Å². The summed E-state index contributed by atoms with van der Waals surface area (Å²) in [5.41, 5.74) is 0.557. The number of nitrogens with zero attached hydrogens (tertiary/aromatic N) is 1. The molecule has 1 unspecified atom stereocenters. The van der Waals surface area contributed by atoms with Gasteiger partial charge in [0, 0.05) is 17.4 Å². The Labute approximate surface area is 121 Å². The van der Waals surface area contributed by atoms with E-state index in [0.29, 0.717) is 28.7 Å². The molecular formula is C14H17NO4S. The fraction of sp³-hybridized carbons (Fsp3) is 0.429. The van der Waals surface area contributed by atoms with Crippen LogP contribution in [-0.4, -0.2) is 39.6 Å². The molecule has 1 aliphatic rings. The van der Waals surface area contributed by atoms with Gasteiger partial charge in [-0.15, -0.1) is 11.8 Å². The summed E-state index contributed by atoms with van der Waals surface area (Å²) in [7, 11) is 0. The molecule has 1 heterocycles. The minimum atomic E-state index is -0.938. The van der Waals surface area contributed by atoms with Gasteiger partial charge in [-0.25, -0.2) is 4.79 Å². The van der Waals surface area contributed by atoms with Crippen molar-refractivity contribution in [2.24, 2.45) is 4.99 Å². The number of rotatable bonds is 6. The first-order chi connectivity index (χ1) is 9.61. The van der Waals surface area contributed by atoms with Crippen molar-refractivity contribution >= 4 is 22.8 Å². The molecule has 108 valence electrons. The lowest BCUT2D eigenvalue weighted by Gasteiger charge is -2.08. The Kier molecular flexibility index (Phi) is 4.89. The Morgan fingerprint density at radius 2 is 2.35 bits per heavy atom. The van der Waals surface area contributed by atoms with E-state index >= 15 is 0 Å². The summed E-state index contributed by atoms with van der Waals surface area (Å²) in [6.45, 7) is 2.70. The monoisotopic (exact) mass is 295 g/mol. The van der Waals surface area contributed by atoms with Crippen molar-refractivity contribution < 1.29 is 19.7 Å². The fourth-order valence-corrected chi connectivity index (χ4v) is 2.83. The van der Waals surface area contributed by atoms with Gasteiger partial charge in [-0.2, -0.15) is 0 Å². The van der Waals surface area contributed by atoms with Crippen molar-refractivity contribution in [2.75, 3.05) is 12.4 Å². The first kappa shape index (κ1) is 14.7. The molecule has 6 heteroatoms. The number of aliphatic carboxylic acids is 1. The highest BCUT2D eigenvalue weighted by molar-refractivity contribution is 8.14. The first-order valence-electron chi connectivity index (χ1n) is 6.51. The van der Waals surface area contributed by atoms with Crippen LogP contribution in [0.1, 0.15) is 25.3 Å². The quantitative estimate of drug-likeness (QED) is 0.788. The number of unbranched alkanes of at least 4 members (excludes halogenated alkanes) is 1. The molecule has 0 saturated carbocycles. The zero-order valence-electron chi connectivity index (χ0n) is 11.2. The molecular weight excluding hydrogens is 278 g/mol. The molecule has 1 aromatic rings. The van der Waals surface area contributed by atoms with E-state index in [4.69, 9.17) is 9.84 Å². The van der Waals surface area contributed by atoms with E-state index in [1.807, 2.05) is 0 Å². The third kappa shape index (κ3) is 3.45. The van der Waals surface area contributed by atoms with E-state index in [-0.39, 0.29) is 5.75 Å². The highest BCUT2D eigenvalue weighted by Gasteiger charge is 2.26. The minimum Gasteiger partial charge on any atom is -0.507 e. The molecule has 0 aromatic heterocycles. The van der Waals surface area contributed by atoms with E-state index in [9.17, 15) is 9.90 Å². The third-order valence-corrected chi connectivity index (χ3v) is 3.98. The van der Waals surface area contributed by atoms with Crippen molar-refractivity contribution in [3.8, 4) is 11.5 Å². The van der Waals surface area contributed by atoms with Crippen molar-refractivity contribution in [1.29, 1.82) is 0 Å². The van der Waals surface area contributed by atoms with Gasteiger partial charge in [-0.1, -0.05) is 13.3 Å². The molecule has 0 radical (unpaired) electrons. The van der Waals surface area contributed by atoms with Crippen LogP contribution in [0, 0.1) is 0 Å². The van der Waals surface area contributed by atoms with Gasteiger partial charge < -0.3 is 14.9 Å². The van der Waals surface area contributed by atoms with Crippen LogP contribution in [0.15, 0.2) is 23.2 Å². The minimum absolute atomic E-state index is 0.0660. The second kappa shape index (κ2) is 6.65. The van der Waals surface area contributed by atoms with Crippen LogP contribution in [0.3, 0.4) is 0 Å². The molecule has 0 amide bonds. The van der Waals surface area contributed by atoms with Crippen LogP contribution >= 0.6 is 11.8 Å². The predicted molar refractivity (Wildman–Crippen MR) is 78.9 cm³/mol. The lowest BCUT2D eigenvalue weighted by atomic mass is 10.2. The third-order valence-electron chi connectivity index (χ3n) is 2.90. The van der Waals surface area contributed by atoms with Gasteiger partial charge in [0.2, 0.25) is 0 Å². The van der Waals surface area contributed by atoms with E-state index < -0.39 is 12.0 Å². The molecule has 5 nitrogen and oxygen atoms in total.